The lowest BCUT2D eigenvalue weighted by molar-refractivity contribution is 1.03. The predicted octanol–water partition coefficient (Wildman–Crippen LogP) is 0.818. The van der Waals surface area contributed by atoms with E-state index in [4.69, 9.17) is 0 Å². The van der Waals surface area contributed by atoms with Gasteiger partial charge in [0.15, 0.2) is 0 Å². The van der Waals surface area contributed by atoms with Crippen LogP contribution in [-0.2, 0) is 0 Å². The number of nitrogens with zero attached hydrogens (tertiary/aromatic N) is 1. The predicted molar refractivity (Wildman–Crippen MR) is 50.6 cm³/mol. The van der Waals surface area contributed by atoms with Crippen LogP contribution in [0.1, 0.15) is 5.69 Å². The number of hydrogen-bond acceptors (Lipinski definition) is 1. The second-order valence-electron chi connectivity index (χ2n) is 2.29. The van der Waals surface area contributed by atoms with E-state index in [0.29, 0.717) is 0 Å². The van der Waals surface area contributed by atoms with Crippen molar-refractivity contribution in [1.82, 2.24) is 10.2 Å². The van der Waals surface area contributed by atoms with Crippen LogP contribution in [0.15, 0.2) is 11.1 Å². The second kappa shape index (κ2) is 3.05. The molecule has 11 heavy (non-hydrogen) atoms. The van der Waals surface area contributed by atoms with Crippen LogP contribution in [0.2, 0.25) is 0 Å². The Hall–Kier alpha value is -0.830. The largest absolute Gasteiger partial charge is 0.278 e. The third-order valence-corrected chi connectivity index (χ3v) is 1.60. The molecule has 0 atom stereocenters. The zero-order chi connectivity index (χ0) is 8.43. The van der Waals surface area contributed by atoms with Gasteiger partial charge in [-0.15, -0.1) is 0 Å². The maximum atomic E-state index is 3.99. The Balaban J connectivity index is 3.43. The highest BCUT2D eigenvalue weighted by Gasteiger charge is 1.92. The zero-order valence-corrected chi connectivity index (χ0v) is 7.90. The minimum absolute atomic E-state index is 0.822. The fourth-order valence-corrected chi connectivity index (χ4v) is 1.07. The molecule has 1 rings (SSSR count). The number of aryl methyl sites for hydroxylation is 1. The minimum Gasteiger partial charge on any atom is -0.278 e. The molecule has 1 aromatic heterocycles. The quantitative estimate of drug-likeness (QED) is 0.734. The molecule has 0 aliphatic rings. The molecule has 0 bridgehead atoms. The van der Waals surface area contributed by atoms with E-state index in [-0.39, 0.29) is 0 Å². The fourth-order valence-electron chi connectivity index (χ4n) is 0.838. The van der Waals surface area contributed by atoms with E-state index in [9.17, 15) is 0 Å². The monoisotopic (exact) mass is 212 g/mol. The molecule has 1 heterocycles. The number of halogens is 1. The van der Waals surface area contributed by atoms with Gasteiger partial charge in [-0.2, -0.15) is 5.10 Å². The van der Waals surface area contributed by atoms with Crippen LogP contribution in [0.3, 0.4) is 0 Å². The Morgan fingerprint density at radius 3 is 2.73 bits per heavy atom. The SMILES string of the molecule is C=C(Br)/C=c1/c(C)n[nH]c1=C. The number of aromatic amines is 1. The van der Waals surface area contributed by atoms with Gasteiger partial charge in [0.1, 0.15) is 0 Å². The molecule has 0 amide bonds. The molecule has 0 fully saturated rings. The molecule has 0 unspecified atom stereocenters. The van der Waals surface area contributed by atoms with E-state index >= 15 is 0 Å². The van der Waals surface area contributed by atoms with Gasteiger partial charge in [-0.3, -0.25) is 5.10 Å². The number of nitrogens with one attached hydrogen (secondary N) is 1. The molecule has 0 saturated heterocycles. The molecule has 58 valence electrons. The molecule has 0 aliphatic carbocycles. The van der Waals surface area contributed by atoms with Gasteiger partial charge >= 0.3 is 0 Å². The van der Waals surface area contributed by atoms with Crippen molar-refractivity contribution in [3.63, 3.8) is 0 Å². The summed E-state index contributed by atoms with van der Waals surface area (Å²) in [5.74, 6) is 0. The average molecular weight is 213 g/mol. The Morgan fingerprint density at radius 1 is 1.73 bits per heavy atom. The van der Waals surface area contributed by atoms with Crippen LogP contribution in [0.5, 0.6) is 0 Å². The van der Waals surface area contributed by atoms with Crippen molar-refractivity contribution >= 4 is 28.6 Å². The number of aromatic nitrogens is 2. The van der Waals surface area contributed by atoms with Crippen molar-refractivity contribution in [2.45, 2.75) is 6.92 Å². The van der Waals surface area contributed by atoms with E-state index in [1.54, 1.807) is 0 Å². The van der Waals surface area contributed by atoms with Crippen LogP contribution in [0.25, 0.3) is 12.7 Å². The summed E-state index contributed by atoms with van der Waals surface area (Å²) in [5, 5.41) is 8.61. The number of rotatable bonds is 1. The van der Waals surface area contributed by atoms with Gasteiger partial charge < -0.3 is 0 Å². The molecule has 0 spiro atoms. The number of allylic oxidation sites excluding steroid dienone is 1. The van der Waals surface area contributed by atoms with Crippen molar-refractivity contribution in [3.8, 4) is 0 Å². The van der Waals surface area contributed by atoms with Crippen LogP contribution >= 0.6 is 15.9 Å². The summed E-state index contributed by atoms with van der Waals surface area (Å²) < 4.78 is 0.826. The molecule has 0 aromatic carbocycles. The maximum Gasteiger partial charge on any atom is 0.0670 e. The summed E-state index contributed by atoms with van der Waals surface area (Å²) in [4.78, 5) is 0. The first kappa shape index (κ1) is 8.27. The molecule has 1 N–H and O–H groups in total. The molecule has 3 heteroatoms. The number of H-pyrrole nitrogens is 1. The Bertz CT molecular complexity index is 375. The van der Waals surface area contributed by atoms with E-state index in [0.717, 1.165) is 20.7 Å². The first-order valence-corrected chi connectivity index (χ1v) is 3.96. The average Bonchev–Trinajstić information content (AvgIpc) is 2.18. The van der Waals surface area contributed by atoms with Crippen molar-refractivity contribution in [3.05, 3.63) is 27.3 Å². The standard InChI is InChI=1S/C8H9BrN2/c1-5(9)4-8-6(2)10-11-7(8)3/h4,10H,1-2H2,3H3/b8-4+. The van der Waals surface area contributed by atoms with E-state index in [1.165, 1.54) is 0 Å². The van der Waals surface area contributed by atoms with E-state index in [2.05, 4.69) is 39.3 Å². The highest BCUT2D eigenvalue weighted by molar-refractivity contribution is 9.12. The number of hydrogen-bond donors (Lipinski definition) is 1. The lowest BCUT2D eigenvalue weighted by atomic mass is 10.3. The van der Waals surface area contributed by atoms with Crippen molar-refractivity contribution in [1.29, 1.82) is 0 Å². The summed E-state index contributed by atoms with van der Waals surface area (Å²) >= 11 is 3.24. The van der Waals surface area contributed by atoms with Crippen LogP contribution in [-0.4, -0.2) is 10.2 Å². The molecular weight excluding hydrogens is 204 g/mol. The van der Waals surface area contributed by atoms with Gasteiger partial charge in [-0.05, 0) is 13.0 Å². The molecule has 1 aromatic rings. The van der Waals surface area contributed by atoms with Crippen LogP contribution < -0.4 is 10.6 Å². The smallest absolute Gasteiger partial charge is 0.0670 e. The highest BCUT2D eigenvalue weighted by Crippen LogP contribution is 2.00. The van der Waals surface area contributed by atoms with Crippen molar-refractivity contribution in [2.24, 2.45) is 0 Å². The molecule has 0 aliphatic heterocycles. The molecule has 2 nitrogen and oxygen atoms in total. The Morgan fingerprint density at radius 2 is 2.36 bits per heavy atom. The lowest BCUT2D eigenvalue weighted by Crippen LogP contribution is -2.21. The van der Waals surface area contributed by atoms with Crippen LogP contribution in [0, 0.1) is 6.92 Å². The summed E-state index contributed by atoms with van der Waals surface area (Å²) in [5.41, 5.74) is 0.940. The van der Waals surface area contributed by atoms with E-state index < -0.39 is 0 Å². The third kappa shape index (κ3) is 1.80. The summed E-state index contributed by atoms with van der Waals surface area (Å²) in [7, 11) is 0. The lowest BCUT2D eigenvalue weighted by Gasteiger charge is -1.81. The van der Waals surface area contributed by atoms with Gasteiger partial charge in [0, 0.05) is 9.70 Å². The first-order valence-electron chi connectivity index (χ1n) is 3.17. The summed E-state index contributed by atoms with van der Waals surface area (Å²) in [6.07, 6.45) is 1.89. The Kier molecular flexibility index (Phi) is 2.29. The van der Waals surface area contributed by atoms with Crippen molar-refractivity contribution < 1.29 is 0 Å². The van der Waals surface area contributed by atoms with Gasteiger partial charge in [-0.1, -0.05) is 29.1 Å². The van der Waals surface area contributed by atoms with Gasteiger partial charge in [0.2, 0.25) is 0 Å². The van der Waals surface area contributed by atoms with Crippen molar-refractivity contribution in [2.75, 3.05) is 0 Å². The molecule has 0 saturated carbocycles. The molecule has 0 radical (unpaired) electrons. The van der Waals surface area contributed by atoms with Gasteiger partial charge in [0.05, 0.1) is 11.0 Å². The van der Waals surface area contributed by atoms with Gasteiger partial charge in [0.25, 0.3) is 0 Å². The second-order valence-corrected chi connectivity index (χ2v) is 3.31. The van der Waals surface area contributed by atoms with Gasteiger partial charge in [-0.25, -0.2) is 0 Å². The molecular formula is C8H9BrN2. The normalized spacial score (nSPS) is 12.0. The summed E-state index contributed by atoms with van der Waals surface area (Å²) in [6.45, 7) is 9.41. The first-order chi connectivity index (χ1) is 5.11. The van der Waals surface area contributed by atoms with E-state index in [1.807, 2.05) is 13.0 Å². The maximum absolute atomic E-state index is 3.99. The third-order valence-electron chi connectivity index (χ3n) is 1.37. The topological polar surface area (TPSA) is 28.7 Å². The minimum atomic E-state index is 0.822. The fraction of sp³-hybridized carbons (Fsp3) is 0.125. The Labute approximate surface area is 73.5 Å². The van der Waals surface area contributed by atoms with Crippen LogP contribution in [0.4, 0.5) is 0 Å². The summed E-state index contributed by atoms with van der Waals surface area (Å²) in [6, 6.07) is 0. The highest BCUT2D eigenvalue weighted by atomic mass is 79.9. The zero-order valence-electron chi connectivity index (χ0n) is 6.32.